The Bertz CT molecular complexity index is 1090. The Morgan fingerprint density at radius 1 is 1.23 bits per heavy atom. The zero-order chi connectivity index (χ0) is 21.4. The molecular formula is C23H25N5O2S. The predicted molar refractivity (Wildman–Crippen MR) is 118 cm³/mol. The van der Waals surface area contributed by atoms with Crippen LogP contribution < -0.4 is 0 Å². The van der Waals surface area contributed by atoms with E-state index >= 15 is 0 Å². The normalized spacial score (nSPS) is 15.6. The van der Waals surface area contributed by atoms with Gasteiger partial charge in [0.2, 0.25) is 0 Å². The number of aromatic nitrogens is 3. The fourth-order valence-corrected chi connectivity index (χ4v) is 4.66. The first kappa shape index (κ1) is 19.9. The molecular weight excluding hydrogens is 410 g/mol. The zero-order valence-corrected chi connectivity index (χ0v) is 18.3. The standard InChI is InChI=1S/C23H25N5O2S/c1-26(12-18-14-31-15-24-18)23(30)21-19-13-27(22(29)17-5-3-2-4-6-17)10-9-20(19)28(25-21)11-16-7-8-16/h2-6,14-16H,7-13H2,1H3. The molecule has 8 heteroatoms. The Morgan fingerprint density at radius 3 is 2.74 bits per heavy atom. The average molecular weight is 436 g/mol. The molecule has 1 aromatic carbocycles. The summed E-state index contributed by atoms with van der Waals surface area (Å²) in [6, 6.07) is 9.32. The minimum Gasteiger partial charge on any atom is -0.334 e. The summed E-state index contributed by atoms with van der Waals surface area (Å²) < 4.78 is 2.03. The highest BCUT2D eigenvalue weighted by atomic mass is 32.1. The van der Waals surface area contributed by atoms with Crippen molar-refractivity contribution < 1.29 is 9.59 Å². The van der Waals surface area contributed by atoms with E-state index < -0.39 is 0 Å². The third kappa shape index (κ3) is 4.12. The maximum Gasteiger partial charge on any atom is 0.274 e. The number of hydrogen-bond acceptors (Lipinski definition) is 5. The number of rotatable bonds is 6. The van der Waals surface area contributed by atoms with E-state index in [0.717, 1.165) is 29.9 Å². The zero-order valence-electron chi connectivity index (χ0n) is 17.5. The van der Waals surface area contributed by atoms with Crippen molar-refractivity contribution in [1.29, 1.82) is 0 Å². The monoisotopic (exact) mass is 435 g/mol. The molecule has 1 aliphatic carbocycles. The van der Waals surface area contributed by atoms with Crippen LogP contribution in [0.5, 0.6) is 0 Å². The number of amides is 2. The molecule has 0 N–H and O–H groups in total. The van der Waals surface area contributed by atoms with Gasteiger partial charge in [-0.2, -0.15) is 5.10 Å². The highest BCUT2D eigenvalue weighted by Crippen LogP contribution is 2.33. The van der Waals surface area contributed by atoms with E-state index in [0.29, 0.717) is 36.8 Å². The van der Waals surface area contributed by atoms with Gasteiger partial charge in [0.15, 0.2) is 5.69 Å². The van der Waals surface area contributed by atoms with Gasteiger partial charge in [-0.05, 0) is 30.9 Å². The van der Waals surface area contributed by atoms with Gasteiger partial charge in [0.05, 0.1) is 24.3 Å². The lowest BCUT2D eigenvalue weighted by Crippen LogP contribution is -2.37. The van der Waals surface area contributed by atoms with E-state index in [1.807, 2.05) is 45.3 Å². The van der Waals surface area contributed by atoms with Crippen LogP contribution in [0.15, 0.2) is 41.2 Å². The number of hydrogen-bond donors (Lipinski definition) is 0. The van der Waals surface area contributed by atoms with Gasteiger partial charge in [0.1, 0.15) is 0 Å². The van der Waals surface area contributed by atoms with Crippen LogP contribution in [0.4, 0.5) is 0 Å². The van der Waals surface area contributed by atoms with Crippen LogP contribution in [0, 0.1) is 5.92 Å². The van der Waals surface area contributed by atoms with E-state index in [4.69, 9.17) is 5.10 Å². The molecule has 2 aliphatic rings. The van der Waals surface area contributed by atoms with Crippen LogP contribution in [0.25, 0.3) is 0 Å². The van der Waals surface area contributed by atoms with Crippen LogP contribution in [0.2, 0.25) is 0 Å². The van der Waals surface area contributed by atoms with Gasteiger partial charge in [-0.3, -0.25) is 14.3 Å². The van der Waals surface area contributed by atoms with E-state index in [1.165, 1.54) is 24.2 Å². The highest BCUT2D eigenvalue weighted by Gasteiger charge is 2.33. The number of benzene rings is 1. The summed E-state index contributed by atoms with van der Waals surface area (Å²) in [5, 5.41) is 6.71. The fourth-order valence-electron chi connectivity index (χ4n) is 4.11. The van der Waals surface area contributed by atoms with Gasteiger partial charge >= 0.3 is 0 Å². The maximum absolute atomic E-state index is 13.3. The predicted octanol–water partition coefficient (Wildman–Crippen LogP) is 3.22. The smallest absolute Gasteiger partial charge is 0.274 e. The SMILES string of the molecule is CN(Cc1cscn1)C(=O)c1nn(CC2CC2)c2c1CN(C(=O)c1ccccc1)CC2. The second kappa shape index (κ2) is 8.26. The van der Waals surface area contributed by atoms with Crippen molar-refractivity contribution in [1.82, 2.24) is 24.6 Å². The van der Waals surface area contributed by atoms with E-state index in [-0.39, 0.29) is 11.8 Å². The second-order valence-corrected chi connectivity index (χ2v) is 9.10. The number of nitrogens with zero attached hydrogens (tertiary/aromatic N) is 5. The van der Waals surface area contributed by atoms with Crippen molar-refractivity contribution in [2.24, 2.45) is 5.92 Å². The number of fused-ring (bicyclic) bond motifs is 1. The second-order valence-electron chi connectivity index (χ2n) is 8.38. The summed E-state index contributed by atoms with van der Waals surface area (Å²) in [6.07, 6.45) is 3.16. The minimum absolute atomic E-state index is 0.00424. The van der Waals surface area contributed by atoms with Gasteiger partial charge in [-0.15, -0.1) is 11.3 Å². The molecule has 3 aromatic rings. The first-order valence-electron chi connectivity index (χ1n) is 10.7. The molecule has 31 heavy (non-hydrogen) atoms. The van der Waals surface area contributed by atoms with Gasteiger partial charge in [-0.25, -0.2) is 4.98 Å². The van der Waals surface area contributed by atoms with Crippen LogP contribution in [-0.2, 0) is 26.1 Å². The van der Waals surface area contributed by atoms with Crippen molar-refractivity contribution in [2.45, 2.75) is 38.9 Å². The molecule has 5 rings (SSSR count). The number of carbonyl (C=O) groups excluding carboxylic acids is 2. The van der Waals surface area contributed by atoms with Crippen LogP contribution in [0.1, 0.15) is 50.6 Å². The Kier molecular flexibility index (Phi) is 5.31. The summed E-state index contributed by atoms with van der Waals surface area (Å²) in [6.45, 7) is 2.36. The topological polar surface area (TPSA) is 71.3 Å². The molecule has 1 saturated carbocycles. The fraction of sp³-hybridized carbons (Fsp3) is 0.391. The molecule has 3 heterocycles. The van der Waals surface area contributed by atoms with Crippen molar-refractivity contribution in [3.63, 3.8) is 0 Å². The van der Waals surface area contributed by atoms with E-state index in [9.17, 15) is 9.59 Å². The lowest BCUT2D eigenvalue weighted by molar-refractivity contribution is 0.0721. The van der Waals surface area contributed by atoms with Gasteiger partial charge in [0.25, 0.3) is 11.8 Å². The Labute approximate surface area is 185 Å². The Balaban J connectivity index is 1.43. The van der Waals surface area contributed by atoms with Crippen molar-refractivity contribution in [2.75, 3.05) is 13.6 Å². The van der Waals surface area contributed by atoms with E-state index in [1.54, 1.807) is 17.5 Å². The molecule has 0 bridgehead atoms. The van der Waals surface area contributed by atoms with Crippen LogP contribution >= 0.6 is 11.3 Å². The summed E-state index contributed by atoms with van der Waals surface area (Å²) in [4.78, 5) is 34.1. The quantitative estimate of drug-likeness (QED) is 0.596. The molecule has 1 fully saturated rings. The first-order chi connectivity index (χ1) is 15.1. The number of thiazole rings is 1. The maximum atomic E-state index is 13.3. The average Bonchev–Trinajstić information content (AvgIpc) is 3.33. The first-order valence-corrected chi connectivity index (χ1v) is 11.6. The lowest BCUT2D eigenvalue weighted by atomic mass is 10.0. The molecule has 1 aliphatic heterocycles. The molecule has 0 atom stereocenters. The summed E-state index contributed by atoms with van der Waals surface area (Å²) in [5.41, 5.74) is 5.78. The Hall–Kier alpha value is -3.00. The summed E-state index contributed by atoms with van der Waals surface area (Å²) in [5.74, 6) is 0.534. The molecule has 0 saturated heterocycles. The molecule has 7 nitrogen and oxygen atoms in total. The summed E-state index contributed by atoms with van der Waals surface area (Å²) in [7, 11) is 1.78. The third-order valence-electron chi connectivity index (χ3n) is 6.00. The van der Waals surface area contributed by atoms with Crippen molar-refractivity contribution in [3.8, 4) is 0 Å². The van der Waals surface area contributed by atoms with Gasteiger partial charge < -0.3 is 9.80 Å². The highest BCUT2D eigenvalue weighted by molar-refractivity contribution is 7.07. The molecule has 0 spiro atoms. The van der Waals surface area contributed by atoms with Crippen molar-refractivity contribution in [3.05, 3.63) is 69.4 Å². The number of carbonyl (C=O) groups is 2. The van der Waals surface area contributed by atoms with E-state index in [2.05, 4.69) is 4.98 Å². The van der Waals surface area contributed by atoms with Gasteiger partial charge in [-0.1, -0.05) is 18.2 Å². The molecule has 160 valence electrons. The lowest BCUT2D eigenvalue weighted by Gasteiger charge is -2.28. The third-order valence-corrected chi connectivity index (χ3v) is 6.64. The van der Waals surface area contributed by atoms with Crippen molar-refractivity contribution >= 4 is 23.2 Å². The molecule has 2 amide bonds. The molecule has 2 aromatic heterocycles. The van der Waals surface area contributed by atoms with Crippen LogP contribution in [0.3, 0.4) is 0 Å². The van der Waals surface area contributed by atoms with Gasteiger partial charge in [0, 0.05) is 48.8 Å². The largest absolute Gasteiger partial charge is 0.334 e. The minimum atomic E-state index is -0.118. The van der Waals surface area contributed by atoms with Crippen LogP contribution in [-0.4, -0.2) is 50.0 Å². The summed E-state index contributed by atoms with van der Waals surface area (Å²) >= 11 is 1.52. The molecule has 0 radical (unpaired) electrons. The Morgan fingerprint density at radius 2 is 2.03 bits per heavy atom. The molecule has 0 unspecified atom stereocenters.